The number of nitrogens with one attached hydrogen (secondary N) is 1. The second-order valence-electron chi connectivity index (χ2n) is 7.02. The molecule has 6 heteroatoms. The van der Waals surface area contributed by atoms with Crippen LogP contribution in [0.5, 0.6) is 5.75 Å². The Balaban J connectivity index is 1.68. The first-order chi connectivity index (χ1) is 13.2. The zero-order valence-corrected chi connectivity index (χ0v) is 18.2. The topological polar surface area (TPSA) is 51.2 Å². The number of rotatable bonds is 5. The Bertz CT molecular complexity index is 997. The number of carbonyl (C=O) groups excluding carboxylic acids is 1. The third-order valence-electron chi connectivity index (χ3n) is 4.46. The minimum atomic E-state index is -0.244. The third kappa shape index (κ3) is 4.54. The molecule has 1 heterocycles. The van der Waals surface area contributed by atoms with Gasteiger partial charge in [-0.15, -0.1) is 11.3 Å². The van der Waals surface area contributed by atoms with E-state index in [2.05, 4.69) is 43.2 Å². The average molecular weight is 415 g/mol. The summed E-state index contributed by atoms with van der Waals surface area (Å²) in [5.41, 5.74) is 7.38. The fraction of sp³-hybridized carbons (Fsp3) is 0.273. The van der Waals surface area contributed by atoms with E-state index in [4.69, 9.17) is 16.3 Å². The summed E-state index contributed by atoms with van der Waals surface area (Å²) in [4.78, 5) is 16.9. The highest BCUT2D eigenvalue weighted by atomic mass is 35.5. The van der Waals surface area contributed by atoms with Crippen LogP contribution in [0.3, 0.4) is 0 Å². The van der Waals surface area contributed by atoms with Gasteiger partial charge in [-0.25, -0.2) is 4.98 Å². The maximum absolute atomic E-state index is 12.3. The Kier molecular flexibility index (Phi) is 6.06. The molecule has 0 spiro atoms. The highest BCUT2D eigenvalue weighted by Gasteiger charge is 2.13. The van der Waals surface area contributed by atoms with Crippen LogP contribution in [-0.4, -0.2) is 17.5 Å². The summed E-state index contributed by atoms with van der Waals surface area (Å²) < 4.78 is 5.71. The lowest BCUT2D eigenvalue weighted by molar-refractivity contribution is -0.118. The lowest BCUT2D eigenvalue weighted by Gasteiger charge is -2.12. The van der Waals surface area contributed by atoms with Gasteiger partial charge in [0.1, 0.15) is 5.75 Å². The van der Waals surface area contributed by atoms with Gasteiger partial charge in [-0.3, -0.25) is 10.1 Å². The van der Waals surface area contributed by atoms with Gasteiger partial charge in [-0.2, -0.15) is 0 Å². The largest absolute Gasteiger partial charge is 0.483 e. The van der Waals surface area contributed by atoms with Crippen molar-refractivity contribution in [2.45, 2.75) is 34.6 Å². The van der Waals surface area contributed by atoms with Crippen molar-refractivity contribution in [1.82, 2.24) is 4.98 Å². The first kappa shape index (κ1) is 20.4. The van der Waals surface area contributed by atoms with E-state index >= 15 is 0 Å². The van der Waals surface area contributed by atoms with E-state index in [0.717, 1.165) is 22.4 Å². The van der Waals surface area contributed by atoms with Crippen LogP contribution >= 0.6 is 22.9 Å². The first-order valence-electron chi connectivity index (χ1n) is 8.97. The second-order valence-corrected chi connectivity index (χ2v) is 8.31. The highest BCUT2D eigenvalue weighted by molar-refractivity contribution is 7.14. The van der Waals surface area contributed by atoms with E-state index in [-0.39, 0.29) is 12.5 Å². The molecule has 0 aliphatic rings. The van der Waals surface area contributed by atoms with Gasteiger partial charge in [0.25, 0.3) is 5.91 Å². The number of ether oxygens (including phenoxy) is 1. The molecule has 0 saturated heterocycles. The normalized spacial score (nSPS) is 10.8. The molecule has 0 fully saturated rings. The van der Waals surface area contributed by atoms with Crippen LogP contribution in [0.25, 0.3) is 11.3 Å². The molecule has 3 aromatic rings. The summed E-state index contributed by atoms with van der Waals surface area (Å²) in [7, 11) is 0. The number of amides is 1. The van der Waals surface area contributed by atoms with Crippen LogP contribution in [0.1, 0.15) is 27.8 Å². The monoisotopic (exact) mass is 414 g/mol. The van der Waals surface area contributed by atoms with Gasteiger partial charge in [-0.05, 0) is 69.0 Å². The zero-order chi connectivity index (χ0) is 20.4. The molecule has 1 N–H and O–H groups in total. The van der Waals surface area contributed by atoms with Gasteiger partial charge < -0.3 is 4.74 Å². The Labute approximate surface area is 174 Å². The zero-order valence-electron chi connectivity index (χ0n) is 16.6. The Hall–Kier alpha value is -2.37. The summed E-state index contributed by atoms with van der Waals surface area (Å²) in [6.07, 6.45) is 0. The number of aryl methyl sites for hydroxylation is 5. The number of halogens is 1. The lowest BCUT2D eigenvalue weighted by atomic mass is 9.98. The molecule has 0 atom stereocenters. The third-order valence-corrected chi connectivity index (χ3v) is 5.43. The van der Waals surface area contributed by atoms with Gasteiger partial charge in [0.05, 0.1) is 5.69 Å². The number of aromatic nitrogens is 1. The van der Waals surface area contributed by atoms with Crippen molar-refractivity contribution in [2.24, 2.45) is 0 Å². The van der Waals surface area contributed by atoms with Crippen molar-refractivity contribution < 1.29 is 9.53 Å². The van der Waals surface area contributed by atoms with Gasteiger partial charge in [-0.1, -0.05) is 29.3 Å². The number of thiazole rings is 1. The number of hydrogen-bond acceptors (Lipinski definition) is 4. The van der Waals surface area contributed by atoms with Crippen LogP contribution in [0.4, 0.5) is 5.13 Å². The maximum atomic E-state index is 12.3. The summed E-state index contributed by atoms with van der Waals surface area (Å²) >= 11 is 7.44. The van der Waals surface area contributed by atoms with Crippen molar-refractivity contribution >= 4 is 34.0 Å². The molecule has 0 aliphatic heterocycles. The predicted octanol–water partition coefficient (Wildman–Crippen LogP) is 6.02. The fourth-order valence-electron chi connectivity index (χ4n) is 3.45. The molecule has 1 amide bonds. The van der Waals surface area contributed by atoms with Crippen LogP contribution in [0.2, 0.25) is 5.02 Å². The molecule has 2 aromatic carbocycles. The van der Waals surface area contributed by atoms with E-state index in [1.54, 1.807) is 0 Å². The number of benzene rings is 2. The van der Waals surface area contributed by atoms with E-state index in [1.165, 1.54) is 28.0 Å². The maximum Gasteiger partial charge on any atom is 0.264 e. The quantitative estimate of drug-likeness (QED) is 0.555. The molecule has 4 nitrogen and oxygen atoms in total. The van der Waals surface area contributed by atoms with Gasteiger partial charge in [0, 0.05) is 16.0 Å². The highest BCUT2D eigenvalue weighted by Crippen LogP contribution is 2.31. The molecule has 0 unspecified atom stereocenters. The van der Waals surface area contributed by atoms with Crippen LogP contribution in [-0.2, 0) is 4.79 Å². The molecular weight excluding hydrogens is 392 g/mol. The fourth-order valence-corrected chi connectivity index (χ4v) is 4.49. The molecular formula is C22H23ClN2O2S. The molecule has 28 heavy (non-hydrogen) atoms. The van der Waals surface area contributed by atoms with Crippen molar-refractivity contribution in [3.63, 3.8) is 0 Å². The Morgan fingerprint density at radius 1 is 1.04 bits per heavy atom. The van der Waals surface area contributed by atoms with Crippen LogP contribution in [0.15, 0.2) is 29.6 Å². The standard InChI is InChI=1S/C22H23ClN2O2S/c1-12-6-13(2)20(14(3)7-12)18-11-28-22(24-18)25-19(26)10-27-21-15(4)8-17(23)9-16(21)5/h6-9,11H,10H2,1-5H3,(H,24,25,26). The van der Waals surface area contributed by atoms with E-state index in [0.29, 0.717) is 15.9 Å². The van der Waals surface area contributed by atoms with Crippen molar-refractivity contribution in [1.29, 1.82) is 0 Å². The number of anilines is 1. The van der Waals surface area contributed by atoms with Gasteiger partial charge in [0.15, 0.2) is 11.7 Å². The molecule has 0 aliphatic carbocycles. The lowest BCUT2D eigenvalue weighted by Crippen LogP contribution is -2.20. The number of nitrogens with zero attached hydrogens (tertiary/aromatic N) is 1. The van der Waals surface area contributed by atoms with Gasteiger partial charge in [0.2, 0.25) is 0 Å². The van der Waals surface area contributed by atoms with Crippen molar-refractivity contribution in [2.75, 3.05) is 11.9 Å². The minimum absolute atomic E-state index is 0.0825. The van der Waals surface area contributed by atoms with Crippen molar-refractivity contribution in [3.05, 3.63) is 62.5 Å². The van der Waals surface area contributed by atoms with Gasteiger partial charge >= 0.3 is 0 Å². The molecule has 146 valence electrons. The predicted molar refractivity (Wildman–Crippen MR) is 117 cm³/mol. The van der Waals surface area contributed by atoms with Crippen LogP contribution < -0.4 is 10.1 Å². The molecule has 1 aromatic heterocycles. The molecule has 0 bridgehead atoms. The minimum Gasteiger partial charge on any atom is -0.483 e. The molecule has 0 radical (unpaired) electrons. The average Bonchev–Trinajstić information content (AvgIpc) is 3.00. The first-order valence-corrected chi connectivity index (χ1v) is 10.2. The summed E-state index contributed by atoms with van der Waals surface area (Å²) in [5, 5.41) is 6.01. The van der Waals surface area contributed by atoms with Crippen LogP contribution in [0, 0.1) is 34.6 Å². The van der Waals surface area contributed by atoms with Crippen molar-refractivity contribution in [3.8, 4) is 17.0 Å². The summed E-state index contributed by atoms with van der Waals surface area (Å²) in [6.45, 7) is 9.98. The number of carbonyl (C=O) groups is 1. The molecule has 0 saturated carbocycles. The smallest absolute Gasteiger partial charge is 0.264 e. The van der Waals surface area contributed by atoms with E-state index in [9.17, 15) is 4.79 Å². The second kappa shape index (κ2) is 8.33. The Morgan fingerprint density at radius 3 is 2.25 bits per heavy atom. The van der Waals surface area contributed by atoms with E-state index in [1.807, 2.05) is 31.4 Å². The SMILES string of the molecule is Cc1cc(C)c(-c2csc(NC(=O)COc3c(C)cc(Cl)cc3C)n2)c(C)c1. The number of hydrogen-bond donors (Lipinski definition) is 1. The summed E-state index contributed by atoms with van der Waals surface area (Å²) in [5.74, 6) is 0.442. The Morgan fingerprint density at radius 2 is 1.64 bits per heavy atom. The summed E-state index contributed by atoms with van der Waals surface area (Å²) in [6, 6.07) is 7.93. The van der Waals surface area contributed by atoms with E-state index < -0.39 is 0 Å². The molecule has 3 rings (SSSR count).